The molecule has 1 aliphatic heterocycles. The summed E-state index contributed by atoms with van der Waals surface area (Å²) in [4.78, 5) is 49.1. The summed E-state index contributed by atoms with van der Waals surface area (Å²) in [6.45, 7) is 5.33. The van der Waals surface area contributed by atoms with Crippen LogP contribution in [0.4, 0.5) is 10.5 Å². The Kier molecular flexibility index (Phi) is 6.92. The zero-order valence-corrected chi connectivity index (χ0v) is 16.3. The summed E-state index contributed by atoms with van der Waals surface area (Å²) in [5.74, 6) is -1.28. The van der Waals surface area contributed by atoms with Crippen LogP contribution in [-0.2, 0) is 19.1 Å². The lowest BCUT2D eigenvalue weighted by atomic mass is 9.93. The summed E-state index contributed by atoms with van der Waals surface area (Å²) >= 11 is 0. The van der Waals surface area contributed by atoms with Crippen LogP contribution < -0.4 is 10.6 Å². The molecule has 8 nitrogen and oxygen atoms in total. The van der Waals surface area contributed by atoms with Gasteiger partial charge in [-0.25, -0.2) is 9.59 Å². The molecular formula is C20H25N3O5. The summed E-state index contributed by atoms with van der Waals surface area (Å²) in [6.07, 6.45) is 3.86. The molecule has 4 amide bonds. The van der Waals surface area contributed by atoms with E-state index in [1.165, 1.54) is 6.08 Å². The normalized spacial score (nSPS) is 15.6. The highest BCUT2D eigenvalue weighted by atomic mass is 16.5. The molecule has 1 aliphatic rings. The zero-order valence-electron chi connectivity index (χ0n) is 16.3. The van der Waals surface area contributed by atoms with E-state index >= 15 is 0 Å². The van der Waals surface area contributed by atoms with Crippen LogP contribution in [0, 0.1) is 0 Å². The van der Waals surface area contributed by atoms with Crippen molar-refractivity contribution in [3.8, 4) is 0 Å². The topological polar surface area (TPSA) is 105 Å². The number of esters is 1. The molecule has 28 heavy (non-hydrogen) atoms. The highest BCUT2D eigenvalue weighted by Crippen LogP contribution is 2.24. The van der Waals surface area contributed by atoms with Gasteiger partial charge in [-0.3, -0.25) is 14.5 Å². The average molecular weight is 387 g/mol. The van der Waals surface area contributed by atoms with E-state index in [1.807, 2.05) is 13.8 Å². The standard InChI is InChI=1S/C20H25N3O5/c1-4-20(5-2)18(26)23(19(27)22-20)13-16(24)21-15-10-7-14(8-11-15)9-12-17(25)28-6-3/h7-12H,4-6,13H2,1-3H3,(H,21,24)(H,22,27)/b12-9+. The number of hydrogen-bond donors (Lipinski definition) is 2. The maximum atomic E-state index is 12.5. The largest absolute Gasteiger partial charge is 0.463 e. The minimum absolute atomic E-state index is 0.309. The molecule has 150 valence electrons. The molecule has 0 spiro atoms. The Hall–Kier alpha value is -3.16. The first kappa shape index (κ1) is 21.1. The monoisotopic (exact) mass is 387 g/mol. The van der Waals surface area contributed by atoms with Crippen molar-refractivity contribution in [1.82, 2.24) is 10.2 Å². The van der Waals surface area contributed by atoms with Crippen molar-refractivity contribution in [2.75, 3.05) is 18.5 Å². The van der Waals surface area contributed by atoms with Crippen molar-refractivity contribution in [3.05, 3.63) is 35.9 Å². The molecule has 0 saturated carbocycles. The number of rotatable bonds is 8. The summed E-state index contributed by atoms with van der Waals surface area (Å²) in [7, 11) is 0. The molecule has 1 saturated heterocycles. The lowest BCUT2D eigenvalue weighted by Gasteiger charge is -2.23. The first-order valence-corrected chi connectivity index (χ1v) is 9.24. The summed E-state index contributed by atoms with van der Waals surface area (Å²) in [5, 5.41) is 5.34. The molecular weight excluding hydrogens is 362 g/mol. The highest BCUT2D eigenvalue weighted by Gasteiger charge is 2.49. The second-order valence-corrected chi connectivity index (χ2v) is 6.37. The van der Waals surface area contributed by atoms with E-state index in [4.69, 9.17) is 4.74 Å². The maximum absolute atomic E-state index is 12.5. The Morgan fingerprint density at radius 2 is 1.79 bits per heavy atom. The molecule has 8 heteroatoms. The molecule has 2 N–H and O–H groups in total. The number of nitrogens with zero attached hydrogens (tertiary/aromatic N) is 1. The third kappa shape index (κ3) is 4.76. The Morgan fingerprint density at radius 3 is 2.32 bits per heavy atom. The van der Waals surface area contributed by atoms with Crippen LogP contribution in [0.25, 0.3) is 6.08 Å². The molecule has 2 rings (SSSR count). The van der Waals surface area contributed by atoms with Crippen LogP contribution in [0.15, 0.2) is 30.3 Å². The van der Waals surface area contributed by atoms with E-state index in [0.717, 1.165) is 10.5 Å². The molecule has 0 atom stereocenters. The Labute approximate surface area is 163 Å². The van der Waals surface area contributed by atoms with Crippen molar-refractivity contribution in [2.24, 2.45) is 0 Å². The van der Waals surface area contributed by atoms with Gasteiger partial charge in [-0.05, 0) is 43.5 Å². The number of urea groups is 1. The van der Waals surface area contributed by atoms with Gasteiger partial charge in [-0.15, -0.1) is 0 Å². The van der Waals surface area contributed by atoms with Gasteiger partial charge in [0.1, 0.15) is 12.1 Å². The van der Waals surface area contributed by atoms with Crippen LogP contribution >= 0.6 is 0 Å². The lowest BCUT2D eigenvalue weighted by molar-refractivity contribution is -0.137. The third-order valence-corrected chi connectivity index (χ3v) is 4.65. The number of imide groups is 1. The van der Waals surface area contributed by atoms with E-state index in [2.05, 4.69) is 10.6 Å². The molecule has 0 aromatic heterocycles. The summed E-state index contributed by atoms with van der Waals surface area (Å²) < 4.78 is 4.80. The number of anilines is 1. The summed E-state index contributed by atoms with van der Waals surface area (Å²) in [5.41, 5.74) is 0.350. The third-order valence-electron chi connectivity index (χ3n) is 4.65. The number of amides is 4. The fraction of sp³-hybridized carbons (Fsp3) is 0.400. The van der Waals surface area contributed by atoms with Gasteiger partial charge in [0.15, 0.2) is 0 Å². The van der Waals surface area contributed by atoms with Gasteiger partial charge in [-0.2, -0.15) is 0 Å². The predicted octanol–water partition coefficient (Wildman–Crippen LogP) is 2.31. The fourth-order valence-electron chi connectivity index (χ4n) is 2.93. The first-order valence-electron chi connectivity index (χ1n) is 9.24. The van der Waals surface area contributed by atoms with Crippen molar-refractivity contribution in [3.63, 3.8) is 0 Å². The van der Waals surface area contributed by atoms with Crippen molar-refractivity contribution >= 4 is 35.6 Å². The number of ether oxygens (including phenoxy) is 1. The Balaban J connectivity index is 1.95. The van der Waals surface area contributed by atoms with Gasteiger partial charge in [0, 0.05) is 11.8 Å². The van der Waals surface area contributed by atoms with Gasteiger partial charge in [-0.1, -0.05) is 26.0 Å². The van der Waals surface area contributed by atoms with Crippen LogP contribution in [-0.4, -0.2) is 47.4 Å². The Bertz CT molecular complexity index is 782. The van der Waals surface area contributed by atoms with E-state index in [9.17, 15) is 19.2 Å². The van der Waals surface area contributed by atoms with E-state index < -0.39 is 23.4 Å². The number of carbonyl (C=O) groups excluding carboxylic acids is 4. The molecule has 0 radical (unpaired) electrons. The van der Waals surface area contributed by atoms with E-state index in [1.54, 1.807) is 37.3 Å². The van der Waals surface area contributed by atoms with E-state index in [0.29, 0.717) is 25.1 Å². The van der Waals surface area contributed by atoms with Gasteiger partial charge >= 0.3 is 12.0 Å². The van der Waals surface area contributed by atoms with Gasteiger partial charge < -0.3 is 15.4 Å². The van der Waals surface area contributed by atoms with Crippen LogP contribution in [0.5, 0.6) is 0 Å². The molecule has 0 aliphatic carbocycles. The van der Waals surface area contributed by atoms with Gasteiger partial charge in [0.2, 0.25) is 5.91 Å². The number of nitrogens with one attached hydrogen (secondary N) is 2. The fourth-order valence-corrected chi connectivity index (χ4v) is 2.93. The minimum atomic E-state index is -0.926. The molecule has 1 fully saturated rings. The number of carbonyl (C=O) groups is 4. The van der Waals surface area contributed by atoms with Crippen molar-refractivity contribution < 1.29 is 23.9 Å². The molecule has 1 heterocycles. The minimum Gasteiger partial charge on any atom is -0.463 e. The van der Waals surface area contributed by atoms with Crippen molar-refractivity contribution in [1.29, 1.82) is 0 Å². The van der Waals surface area contributed by atoms with Crippen molar-refractivity contribution in [2.45, 2.75) is 39.2 Å². The smallest absolute Gasteiger partial charge is 0.330 e. The molecule has 1 aromatic carbocycles. The van der Waals surface area contributed by atoms with Gasteiger partial charge in [0.25, 0.3) is 5.91 Å². The highest BCUT2D eigenvalue weighted by molar-refractivity contribution is 6.10. The van der Waals surface area contributed by atoms with Crippen LogP contribution in [0.1, 0.15) is 39.2 Å². The first-order chi connectivity index (χ1) is 13.3. The quantitative estimate of drug-likeness (QED) is 0.405. The zero-order chi connectivity index (χ0) is 20.7. The van der Waals surface area contributed by atoms with Gasteiger partial charge in [0.05, 0.1) is 6.61 Å². The average Bonchev–Trinajstić information content (AvgIpc) is 2.92. The predicted molar refractivity (Wildman–Crippen MR) is 104 cm³/mol. The van der Waals surface area contributed by atoms with Crippen LogP contribution in [0.3, 0.4) is 0 Å². The number of benzene rings is 1. The molecule has 0 bridgehead atoms. The molecule has 0 unspecified atom stereocenters. The second-order valence-electron chi connectivity index (χ2n) is 6.37. The summed E-state index contributed by atoms with van der Waals surface area (Å²) in [6, 6.07) is 6.22. The second kappa shape index (κ2) is 9.16. The molecule has 1 aromatic rings. The maximum Gasteiger partial charge on any atom is 0.330 e. The lowest BCUT2D eigenvalue weighted by Crippen LogP contribution is -2.46. The van der Waals surface area contributed by atoms with E-state index in [-0.39, 0.29) is 12.5 Å². The van der Waals surface area contributed by atoms with Crippen LogP contribution in [0.2, 0.25) is 0 Å². The SMILES string of the molecule is CCOC(=O)/C=C/c1ccc(NC(=O)CN2C(=O)NC(CC)(CC)C2=O)cc1. The Morgan fingerprint density at radius 1 is 1.14 bits per heavy atom. The number of hydrogen-bond acceptors (Lipinski definition) is 5.